The third-order valence-electron chi connectivity index (χ3n) is 10.1. The molecular weight excluding hydrogens is 442 g/mol. The molecule has 35 heavy (non-hydrogen) atoms. The van der Waals surface area contributed by atoms with Crippen LogP contribution in [0.1, 0.15) is 121 Å². The van der Waals surface area contributed by atoms with Gasteiger partial charge in [-0.3, -0.25) is 0 Å². The maximum absolute atomic E-state index is 15.1. The van der Waals surface area contributed by atoms with E-state index >= 15 is 8.78 Å². The molecule has 1 unspecified atom stereocenters. The molecule has 4 heteroatoms. The summed E-state index contributed by atoms with van der Waals surface area (Å²) in [5.41, 5.74) is 1.42. The highest BCUT2D eigenvalue weighted by molar-refractivity contribution is 5.43. The van der Waals surface area contributed by atoms with Crippen molar-refractivity contribution in [1.29, 1.82) is 0 Å². The normalized spacial score (nSPS) is 35.8. The quantitative estimate of drug-likeness (QED) is 0.398. The fourth-order valence-corrected chi connectivity index (χ4v) is 7.56. The first-order valence-corrected chi connectivity index (χ1v) is 14.8. The van der Waals surface area contributed by atoms with Crippen molar-refractivity contribution in [2.24, 2.45) is 23.7 Å². The van der Waals surface area contributed by atoms with Crippen LogP contribution in [0.25, 0.3) is 0 Å². The van der Waals surface area contributed by atoms with Crippen LogP contribution in [-0.4, -0.2) is 18.8 Å². The van der Waals surface area contributed by atoms with E-state index in [9.17, 15) is 0 Å². The Morgan fingerprint density at radius 3 is 2.14 bits per heavy atom. The second-order valence-electron chi connectivity index (χ2n) is 12.4. The lowest BCUT2D eigenvalue weighted by molar-refractivity contribution is -0.0333. The molecule has 4 aliphatic rings. The molecule has 3 aliphatic carbocycles. The highest BCUT2D eigenvalue weighted by Crippen LogP contribution is 2.43. The Hall–Kier alpha value is -1.16. The van der Waals surface area contributed by atoms with E-state index in [0.29, 0.717) is 24.2 Å². The van der Waals surface area contributed by atoms with Crippen molar-refractivity contribution < 1.29 is 18.3 Å². The van der Waals surface area contributed by atoms with E-state index in [-0.39, 0.29) is 17.8 Å². The average molecular weight is 489 g/mol. The fraction of sp³-hybridized carbons (Fsp3) is 0.806. The molecule has 1 atom stereocenters. The van der Waals surface area contributed by atoms with Gasteiger partial charge < -0.3 is 9.47 Å². The summed E-state index contributed by atoms with van der Waals surface area (Å²) in [4.78, 5) is 0. The van der Waals surface area contributed by atoms with Crippen LogP contribution >= 0.6 is 0 Å². The van der Waals surface area contributed by atoms with Gasteiger partial charge in [-0.2, -0.15) is 4.39 Å². The summed E-state index contributed by atoms with van der Waals surface area (Å²) in [5, 5.41) is 0. The van der Waals surface area contributed by atoms with Gasteiger partial charge in [0.15, 0.2) is 11.6 Å². The molecule has 3 fully saturated rings. The first kappa shape index (κ1) is 25.5. The zero-order valence-corrected chi connectivity index (χ0v) is 22.0. The topological polar surface area (TPSA) is 18.5 Å². The molecule has 2 nitrogen and oxygen atoms in total. The van der Waals surface area contributed by atoms with Crippen molar-refractivity contribution >= 4 is 0 Å². The second kappa shape index (κ2) is 11.5. The van der Waals surface area contributed by atoms with E-state index in [4.69, 9.17) is 9.47 Å². The third-order valence-corrected chi connectivity index (χ3v) is 10.1. The SMILES string of the molecule is CCC1CCC(C2CCC(OCC3CCc4cc(C5CCC(C)CC5)c(F)c(F)c4O3)CC2)CC1. The monoisotopic (exact) mass is 488 g/mol. The molecule has 5 rings (SSSR count). The summed E-state index contributed by atoms with van der Waals surface area (Å²) in [6.07, 6.45) is 17.6. The van der Waals surface area contributed by atoms with Crippen molar-refractivity contribution in [3.8, 4) is 5.75 Å². The van der Waals surface area contributed by atoms with Crippen LogP contribution in [0, 0.1) is 35.3 Å². The first-order valence-electron chi connectivity index (χ1n) is 14.8. The number of halogens is 2. The summed E-state index contributed by atoms with van der Waals surface area (Å²) in [7, 11) is 0. The van der Waals surface area contributed by atoms with Gasteiger partial charge in [0.2, 0.25) is 5.82 Å². The van der Waals surface area contributed by atoms with Crippen molar-refractivity contribution in [1.82, 2.24) is 0 Å². The van der Waals surface area contributed by atoms with E-state index in [1.54, 1.807) is 0 Å². The van der Waals surface area contributed by atoms with E-state index in [2.05, 4.69) is 13.8 Å². The molecule has 0 bridgehead atoms. The van der Waals surface area contributed by atoms with Crippen molar-refractivity contribution in [2.75, 3.05) is 6.61 Å². The molecule has 196 valence electrons. The maximum Gasteiger partial charge on any atom is 0.201 e. The van der Waals surface area contributed by atoms with Gasteiger partial charge in [-0.1, -0.05) is 46.0 Å². The smallest absolute Gasteiger partial charge is 0.201 e. The lowest BCUT2D eigenvalue weighted by atomic mass is 9.70. The predicted octanol–water partition coefficient (Wildman–Crippen LogP) is 8.74. The van der Waals surface area contributed by atoms with Crippen molar-refractivity contribution in [3.63, 3.8) is 0 Å². The van der Waals surface area contributed by atoms with E-state index in [0.717, 1.165) is 74.7 Å². The molecule has 1 heterocycles. The molecule has 1 aromatic rings. The summed E-state index contributed by atoms with van der Waals surface area (Å²) in [6.45, 7) is 5.07. The number of fused-ring (bicyclic) bond motifs is 1. The molecule has 1 aromatic carbocycles. The van der Waals surface area contributed by atoms with Crippen LogP contribution in [-0.2, 0) is 11.2 Å². The van der Waals surface area contributed by atoms with Gasteiger partial charge in [0, 0.05) is 0 Å². The number of ether oxygens (including phenoxy) is 2. The van der Waals surface area contributed by atoms with Crippen LogP contribution in [0.3, 0.4) is 0 Å². The fourth-order valence-electron chi connectivity index (χ4n) is 7.56. The van der Waals surface area contributed by atoms with Crippen molar-refractivity contribution in [3.05, 3.63) is 28.8 Å². The molecule has 3 saturated carbocycles. The number of aryl methyl sites for hydroxylation is 1. The number of hydrogen-bond acceptors (Lipinski definition) is 2. The van der Waals surface area contributed by atoms with Crippen LogP contribution in [0.15, 0.2) is 6.07 Å². The van der Waals surface area contributed by atoms with Gasteiger partial charge in [0.05, 0.1) is 12.7 Å². The average Bonchev–Trinajstić information content (AvgIpc) is 2.90. The Labute approximate surface area is 211 Å². The number of hydrogen-bond donors (Lipinski definition) is 0. The largest absolute Gasteiger partial charge is 0.485 e. The van der Waals surface area contributed by atoms with Crippen molar-refractivity contribution in [2.45, 2.75) is 128 Å². The summed E-state index contributed by atoms with van der Waals surface area (Å²) < 4.78 is 42.3. The number of benzene rings is 1. The second-order valence-corrected chi connectivity index (χ2v) is 12.4. The minimum absolute atomic E-state index is 0.140. The molecule has 0 N–H and O–H groups in total. The van der Waals surface area contributed by atoms with Gasteiger partial charge in [-0.15, -0.1) is 0 Å². The minimum atomic E-state index is -0.779. The van der Waals surface area contributed by atoms with Gasteiger partial charge in [-0.25, -0.2) is 4.39 Å². The lowest BCUT2D eigenvalue weighted by Gasteiger charge is -2.38. The van der Waals surface area contributed by atoms with E-state index in [1.807, 2.05) is 6.07 Å². The zero-order chi connectivity index (χ0) is 24.4. The molecule has 0 amide bonds. The van der Waals surface area contributed by atoms with Crippen LogP contribution < -0.4 is 4.74 Å². The Balaban J connectivity index is 1.10. The molecular formula is C31H46F2O2. The first-order chi connectivity index (χ1) is 17.0. The molecule has 0 aromatic heterocycles. The Morgan fingerprint density at radius 2 is 1.49 bits per heavy atom. The molecule has 0 spiro atoms. The molecule has 1 aliphatic heterocycles. The van der Waals surface area contributed by atoms with Crippen LogP contribution in [0.4, 0.5) is 8.78 Å². The summed E-state index contributed by atoms with van der Waals surface area (Å²) in [6, 6.07) is 1.90. The zero-order valence-electron chi connectivity index (χ0n) is 22.0. The molecule has 0 radical (unpaired) electrons. The van der Waals surface area contributed by atoms with Gasteiger partial charge in [0.25, 0.3) is 0 Å². The lowest BCUT2D eigenvalue weighted by Crippen LogP contribution is -2.33. The van der Waals surface area contributed by atoms with Gasteiger partial charge in [0.1, 0.15) is 6.10 Å². The van der Waals surface area contributed by atoms with E-state index < -0.39 is 11.6 Å². The predicted molar refractivity (Wildman–Crippen MR) is 137 cm³/mol. The Kier molecular flexibility index (Phi) is 8.36. The summed E-state index contributed by atoms with van der Waals surface area (Å²) >= 11 is 0. The molecule has 0 saturated heterocycles. The maximum atomic E-state index is 15.1. The summed E-state index contributed by atoms with van der Waals surface area (Å²) in [5.74, 6) is 2.28. The Morgan fingerprint density at radius 1 is 0.829 bits per heavy atom. The van der Waals surface area contributed by atoms with Gasteiger partial charge in [-0.05, 0) is 111 Å². The Bertz CT molecular complexity index is 831. The van der Waals surface area contributed by atoms with Gasteiger partial charge >= 0.3 is 0 Å². The highest BCUT2D eigenvalue weighted by atomic mass is 19.2. The standard InChI is InChI=1S/C31H46F2O2/c1-3-21-6-10-22(11-7-21)23-12-15-26(16-13-23)34-19-27-17-14-25-18-28(24-8-4-20(2)5-9-24)29(32)30(33)31(25)35-27/h18,20-24,26-27H,3-17,19H2,1-2H3. The van der Waals surface area contributed by atoms with E-state index in [1.165, 1.54) is 44.9 Å². The van der Waals surface area contributed by atoms with Crippen LogP contribution in [0.2, 0.25) is 0 Å². The van der Waals surface area contributed by atoms with Crippen LogP contribution in [0.5, 0.6) is 5.75 Å². The minimum Gasteiger partial charge on any atom is -0.485 e. The highest BCUT2D eigenvalue weighted by Gasteiger charge is 2.33. The third kappa shape index (κ3) is 5.89. The number of rotatable bonds is 6.